The summed E-state index contributed by atoms with van der Waals surface area (Å²) in [6.07, 6.45) is 4.32. The molecule has 0 saturated heterocycles. The van der Waals surface area contributed by atoms with E-state index in [0.717, 1.165) is 12.8 Å². The number of aliphatic hydroxyl groups excluding tert-OH is 1. The molecule has 1 N–H and O–H groups in total. The van der Waals surface area contributed by atoms with Crippen LogP contribution in [0.5, 0.6) is 0 Å². The van der Waals surface area contributed by atoms with Crippen LogP contribution in [0.2, 0.25) is 0 Å². The lowest BCUT2D eigenvalue weighted by molar-refractivity contribution is -0.145. The minimum absolute atomic E-state index is 0.0202. The minimum Gasteiger partial charge on any atom is -0.466 e. The van der Waals surface area contributed by atoms with Gasteiger partial charge in [-0.3, -0.25) is 4.79 Å². The molecule has 15 heavy (non-hydrogen) atoms. The highest BCUT2D eigenvalue weighted by Crippen LogP contribution is 2.09. The number of esters is 1. The average Bonchev–Trinajstić information content (AvgIpc) is 2.17. The molecular weight excluding hydrogens is 192 g/mol. The smallest absolute Gasteiger partial charge is 0.306 e. The molecule has 90 valence electrons. The maximum Gasteiger partial charge on any atom is 0.306 e. The van der Waals surface area contributed by atoms with Crippen LogP contribution in [0.15, 0.2) is 0 Å². The van der Waals surface area contributed by atoms with Crippen LogP contribution in [0.4, 0.5) is 0 Å². The van der Waals surface area contributed by atoms with Gasteiger partial charge in [0.2, 0.25) is 0 Å². The van der Waals surface area contributed by atoms with Crippen molar-refractivity contribution in [3.63, 3.8) is 0 Å². The van der Waals surface area contributed by atoms with Crippen LogP contribution in [0.3, 0.4) is 0 Å². The van der Waals surface area contributed by atoms with Gasteiger partial charge in [-0.25, -0.2) is 0 Å². The lowest BCUT2D eigenvalue weighted by atomic mass is 10.0. The second-order valence-electron chi connectivity index (χ2n) is 4.20. The zero-order valence-electron chi connectivity index (χ0n) is 10.2. The van der Waals surface area contributed by atoms with Gasteiger partial charge in [0.05, 0.1) is 19.1 Å². The van der Waals surface area contributed by atoms with Crippen molar-refractivity contribution in [3.8, 4) is 0 Å². The van der Waals surface area contributed by atoms with Crippen molar-refractivity contribution in [1.29, 1.82) is 0 Å². The molecular formula is C12H24O3. The largest absolute Gasteiger partial charge is 0.466 e. The molecule has 0 saturated carbocycles. The summed E-state index contributed by atoms with van der Waals surface area (Å²) in [5.41, 5.74) is 0. The van der Waals surface area contributed by atoms with Gasteiger partial charge in [0, 0.05) is 0 Å². The standard InChI is InChI=1S/C12H24O3/c1-4-5-6-7-8-15-12(14)9-10(2)11(3)13/h10-11,13H,4-9H2,1-3H3. The monoisotopic (exact) mass is 216 g/mol. The number of hydrogen-bond donors (Lipinski definition) is 1. The van der Waals surface area contributed by atoms with Crippen molar-refractivity contribution in [1.82, 2.24) is 0 Å². The van der Waals surface area contributed by atoms with Crippen molar-refractivity contribution in [2.24, 2.45) is 5.92 Å². The van der Waals surface area contributed by atoms with Crippen molar-refractivity contribution in [2.45, 2.75) is 59.0 Å². The summed E-state index contributed by atoms with van der Waals surface area (Å²) in [5, 5.41) is 9.20. The molecule has 0 spiro atoms. The van der Waals surface area contributed by atoms with Gasteiger partial charge in [-0.15, -0.1) is 0 Å². The van der Waals surface area contributed by atoms with E-state index in [4.69, 9.17) is 4.74 Å². The van der Waals surface area contributed by atoms with Crippen molar-refractivity contribution >= 4 is 5.97 Å². The molecule has 0 bridgehead atoms. The van der Waals surface area contributed by atoms with Gasteiger partial charge in [0.15, 0.2) is 0 Å². The molecule has 2 atom stereocenters. The van der Waals surface area contributed by atoms with Crippen LogP contribution in [-0.4, -0.2) is 23.8 Å². The van der Waals surface area contributed by atoms with Gasteiger partial charge in [0.1, 0.15) is 0 Å². The van der Waals surface area contributed by atoms with E-state index in [9.17, 15) is 9.90 Å². The van der Waals surface area contributed by atoms with Crippen LogP contribution in [0.25, 0.3) is 0 Å². The third kappa shape index (κ3) is 8.43. The third-order valence-electron chi connectivity index (χ3n) is 2.57. The highest BCUT2D eigenvalue weighted by atomic mass is 16.5. The average molecular weight is 216 g/mol. The molecule has 0 aliphatic carbocycles. The summed E-state index contributed by atoms with van der Waals surface area (Å²) in [7, 11) is 0. The Labute approximate surface area is 92.8 Å². The number of unbranched alkanes of at least 4 members (excludes halogenated alkanes) is 3. The lowest BCUT2D eigenvalue weighted by Gasteiger charge is -2.13. The van der Waals surface area contributed by atoms with Crippen molar-refractivity contribution < 1.29 is 14.6 Å². The predicted octanol–water partition coefficient (Wildman–Crippen LogP) is 2.52. The van der Waals surface area contributed by atoms with Crippen LogP contribution < -0.4 is 0 Å². The Bertz CT molecular complexity index is 166. The molecule has 0 heterocycles. The van der Waals surface area contributed by atoms with Gasteiger partial charge in [-0.05, 0) is 19.3 Å². The summed E-state index contributed by atoms with van der Waals surface area (Å²) < 4.78 is 5.06. The first-order chi connectivity index (χ1) is 7.07. The molecule has 3 nitrogen and oxygen atoms in total. The van der Waals surface area contributed by atoms with Crippen molar-refractivity contribution in [3.05, 3.63) is 0 Å². The second-order valence-corrected chi connectivity index (χ2v) is 4.20. The fourth-order valence-corrected chi connectivity index (χ4v) is 1.21. The summed E-state index contributed by atoms with van der Waals surface area (Å²) in [5.74, 6) is -0.215. The summed E-state index contributed by atoms with van der Waals surface area (Å²) in [4.78, 5) is 11.3. The van der Waals surface area contributed by atoms with Gasteiger partial charge in [-0.2, -0.15) is 0 Å². The molecule has 0 aromatic carbocycles. The summed E-state index contributed by atoms with van der Waals surface area (Å²) in [6.45, 7) is 6.21. The quantitative estimate of drug-likeness (QED) is 0.501. The zero-order chi connectivity index (χ0) is 11.7. The highest BCUT2D eigenvalue weighted by Gasteiger charge is 2.14. The molecule has 3 heteroatoms. The Morgan fingerprint density at radius 1 is 1.27 bits per heavy atom. The van der Waals surface area contributed by atoms with E-state index in [2.05, 4.69) is 6.92 Å². The molecule has 0 aliphatic rings. The number of hydrogen-bond acceptors (Lipinski definition) is 3. The molecule has 0 aliphatic heterocycles. The minimum atomic E-state index is -0.447. The van der Waals surface area contributed by atoms with E-state index in [1.165, 1.54) is 12.8 Å². The topological polar surface area (TPSA) is 46.5 Å². The summed E-state index contributed by atoms with van der Waals surface area (Å²) >= 11 is 0. The Balaban J connectivity index is 3.41. The molecule has 0 aromatic rings. The van der Waals surface area contributed by atoms with Gasteiger partial charge in [0.25, 0.3) is 0 Å². The molecule has 2 unspecified atom stereocenters. The van der Waals surface area contributed by atoms with Crippen LogP contribution in [0.1, 0.15) is 52.9 Å². The molecule has 0 rings (SSSR count). The Kier molecular flexibility index (Phi) is 8.38. The van der Waals surface area contributed by atoms with Gasteiger partial charge >= 0.3 is 5.97 Å². The maximum absolute atomic E-state index is 11.3. The van der Waals surface area contributed by atoms with Crippen molar-refractivity contribution in [2.75, 3.05) is 6.61 Å². The van der Waals surface area contributed by atoms with Crippen LogP contribution >= 0.6 is 0 Å². The zero-order valence-corrected chi connectivity index (χ0v) is 10.2. The first-order valence-corrected chi connectivity index (χ1v) is 5.91. The first-order valence-electron chi connectivity index (χ1n) is 5.91. The Morgan fingerprint density at radius 3 is 2.47 bits per heavy atom. The molecule has 0 aromatic heterocycles. The van der Waals surface area contributed by atoms with Crippen LogP contribution in [-0.2, 0) is 9.53 Å². The maximum atomic E-state index is 11.3. The van der Waals surface area contributed by atoms with E-state index in [1.54, 1.807) is 6.92 Å². The molecule has 0 radical (unpaired) electrons. The van der Waals surface area contributed by atoms with E-state index >= 15 is 0 Å². The summed E-state index contributed by atoms with van der Waals surface area (Å²) in [6, 6.07) is 0. The predicted molar refractivity (Wildman–Crippen MR) is 60.6 cm³/mol. The second kappa shape index (κ2) is 8.72. The molecule has 0 fully saturated rings. The Morgan fingerprint density at radius 2 is 1.93 bits per heavy atom. The highest BCUT2D eigenvalue weighted by molar-refractivity contribution is 5.69. The van der Waals surface area contributed by atoms with Gasteiger partial charge < -0.3 is 9.84 Å². The van der Waals surface area contributed by atoms with Gasteiger partial charge in [-0.1, -0.05) is 33.1 Å². The van der Waals surface area contributed by atoms with E-state index in [0.29, 0.717) is 13.0 Å². The number of aliphatic hydroxyl groups is 1. The SMILES string of the molecule is CCCCCCOC(=O)CC(C)C(C)O. The number of carbonyl (C=O) groups is 1. The van der Waals surface area contributed by atoms with E-state index in [-0.39, 0.29) is 11.9 Å². The fourth-order valence-electron chi connectivity index (χ4n) is 1.21. The number of ether oxygens (including phenoxy) is 1. The molecule has 0 amide bonds. The normalized spacial score (nSPS) is 14.7. The Hall–Kier alpha value is -0.570. The first kappa shape index (κ1) is 14.4. The van der Waals surface area contributed by atoms with E-state index in [1.807, 2.05) is 6.92 Å². The number of carbonyl (C=O) groups excluding carboxylic acids is 1. The third-order valence-corrected chi connectivity index (χ3v) is 2.57. The van der Waals surface area contributed by atoms with Crippen LogP contribution in [0, 0.1) is 5.92 Å². The fraction of sp³-hybridized carbons (Fsp3) is 0.917. The lowest BCUT2D eigenvalue weighted by Crippen LogP contribution is -2.18. The van der Waals surface area contributed by atoms with E-state index < -0.39 is 6.10 Å². The number of rotatable bonds is 8.